The van der Waals surface area contributed by atoms with Crippen LogP contribution in [0.4, 0.5) is 23.7 Å². The fraction of sp³-hybridized carbons (Fsp3) is 0.0667. The van der Waals surface area contributed by atoms with Gasteiger partial charge in [0.1, 0.15) is 12.2 Å². The van der Waals surface area contributed by atoms with Crippen molar-refractivity contribution in [2.24, 2.45) is 0 Å². The van der Waals surface area contributed by atoms with E-state index in [1.54, 1.807) is 30.3 Å². The molecule has 0 atom stereocenters. The minimum atomic E-state index is -2.00. The predicted octanol–water partition coefficient (Wildman–Crippen LogP) is 3.55. The van der Waals surface area contributed by atoms with Crippen LogP contribution in [0.1, 0.15) is 15.9 Å². The third-order valence-electron chi connectivity index (χ3n) is 2.83. The van der Waals surface area contributed by atoms with E-state index in [1.807, 2.05) is 5.32 Å². The summed E-state index contributed by atoms with van der Waals surface area (Å²) < 4.78 is 44.9. The molecule has 120 valence electrons. The number of carboxylic acid groups (broad SMARTS) is 1. The molecule has 0 unspecified atom stereocenters. The minimum Gasteiger partial charge on any atom is -0.478 e. The summed E-state index contributed by atoms with van der Waals surface area (Å²) in [6, 6.07) is 9.00. The van der Waals surface area contributed by atoms with Crippen LogP contribution in [-0.2, 0) is 11.3 Å². The Morgan fingerprint density at radius 3 is 2.30 bits per heavy atom. The molecule has 5 nitrogen and oxygen atoms in total. The Morgan fingerprint density at radius 2 is 1.70 bits per heavy atom. The Bertz CT molecular complexity index is 750. The van der Waals surface area contributed by atoms with E-state index >= 15 is 0 Å². The molecule has 2 aromatic carbocycles. The number of rotatable bonds is 4. The SMILES string of the molecule is O=C(Nc1cc(C(=O)O)c(F)c(F)c1F)OCc1ccccc1. The van der Waals surface area contributed by atoms with Crippen LogP contribution in [0.2, 0.25) is 0 Å². The molecule has 0 spiro atoms. The summed E-state index contributed by atoms with van der Waals surface area (Å²) in [4.78, 5) is 22.3. The number of hydrogen-bond donors (Lipinski definition) is 2. The van der Waals surface area contributed by atoms with Gasteiger partial charge in [-0.1, -0.05) is 30.3 Å². The number of hydrogen-bond acceptors (Lipinski definition) is 3. The van der Waals surface area contributed by atoms with E-state index in [4.69, 9.17) is 9.84 Å². The number of amides is 1. The van der Waals surface area contributed by atoms with Crippen molar-refractivity contribution in [2.75, 3.05) is 5.32 Å². The van der Waals surface area contributed by atoms with Crippen molar-refractivity contribution in [3.05, 3.63) is 65.0 Å². The van der Waals surface area contributed by atoms with Crippen LogP contribution in [-0.4, -0.2) is 17.2 Å². The molecule has 0 radical (unpaired) electrons. The molecule has 2 N–H and O–H groups in total. The van der Waals surface area contributed by atoms with Gasteiger partial charge in [-0.15, -0.1) is 0 Å². The highest BCUT2D eigenvalue weighted by Gasteiger charge is 2.23. The Balaban J connectivity index is 2.13. The van der Waals surface area contributed by atoms with Crippen molar-refractivity contribution in [3.8, 4) is 0 Å². The van der Waals surface area contributed by atoms with Crippen LogP contribution >= 0.6 is 0 Å². The normalized spacial score (nSPS) is 10.2. The molecule has 0 aliphatic rings. The van der Waals surface area contributed by atoms with Crippen molar-refractivity contribution in [1.29, 1.82) is 0 Å². The molecule has 23 heavy (non-hydrogen) atoms. The molecule has 0 bridgehead atoms. The van der Waals surface area contributed by atoms with E-state index in [-0.39, 0.29) is 6.61 Å². The quantitative estimate of drug-likeness (QED) is 0.843. The summed E-state index contributed by atoms with van der Waals surface area (Å²) in [5.41, 5.74) is -1.29. The molecule has 8 heteroatoms. The van der Waals surface area contributed by atoms with Gasteiger partial charge in [0.2, 0.25) is 0 Å². The number of benzene rings is 2. The van der Waals surface area contributed by atoms with Crippen molar-refractivity contribution in [2.45, 2.75) is 6.61 Å². The second-order valence-electron chi connectivity index (χ2n) is 4.41. The van der Waals surface area contributed by atoms with E-state index in [1.165, 1.54) is 0 Å². The molecule has 0 aromatic heterocycles. The molecule has 1 amide bonds. The first-order valence-corrected chi connectivity index (χ1v) is 6.28. The Labute approximate surface area is 128 Å². The number of carboxylic acids is 1. The van der Waals surface area contributed by atoms with Gasteiger partial charge < -0.3 is 9.84 Å². The first-order valence-electron chi connectivity index (χ1n) is 6.28. The number of halogens is 3. The summed E-state index contributed by atoms with van der Waals surface area (Å²) in [6.07, 6.45) is -1.14. The summed E-state index contributed by atoms with van der Waals surface area (Å²) in [5, 5.41) is 10.6. The molecule has 0 aliphatic carbocycles. The molecule has 2 rings (SSSR count). The lowest BCUT2D eigenvalue weighted by molar-refractivity contribution is 0.0690. The van der Waals surface area contributed by atoms with Crippen LogP contribution in [0.3, 0.4) is 0 Å². The van der Waals surface area contributed by atoms with Gasteiger partial charge in [-0.05, 0) is 11.6 Å². The molecule has 2 aromatic rings. The van der Waals surface area contributed by atoms with Gasteiger partial charge >= 0.3 is 12.1 Å². The lowest BCUT2D eigenvalue weighted by atomic mass is 10.1. The first kappa shape index (κ1) is 16.3. The van der Waals surface area contributed by atoms with E-state index in [0.717, 1.165) is 0 Å². The maximum atomic E-state index is 13.6. The maximum Gasteiger partial charge on any atom is 0.412 e. The highest BCUT2D eigenvalue weighted by Crippen LogP contribution is 2.24. The highest BCUT2D eigenvalue weighted by molar-refractivity contribution is 5.91. The van der Waals surface area contributed by atoms with Gasteiger partial charge in [-0.2, -0.15) is 0 Å². The monoisotopic (exact) mass is 325 g/mol. The number of aromatic carboxylic acids is 1. The molecule has 0 saturated carbocycles. The summed E-state index contributed by atoms with van der Waals surface area (Å²) >= 11 is 0. The van der Waals surface area contributed by atoms with Gasteiger partial charge in [0.25, 0.3) is 0 Å². The van der Waals surface area contributed by atoms with Gasteiger partial charge in [-0.25, -0.2) is 22.8 Å². The molecular weight excluding hydrogens is 315 g/mol. The average Bonchev–Trinajstić information content (AvgIpc) is 2.54. The van der Waals surface area contributed by atoms with Crippen LogP contribution in [0.25, 0.3) is 0 Å². The lowest BCUT2D eigenvalue weighted by Crippen LogP contribution is -2.17. The number of nitrogens with one attached hydrogen (secondary N) is 1. The highest BCUT2D eigenvalue weighted by atomic mass is 19.2. The minimum absolute atomic E-state index is 0.135. The van der Waals surface area contributed by atoms with Crippen molar-refractivity contribution >= 4 is 17.7 Å². The molecule has 0 fully saturated rings. The summed E-state index contributed by atoms with van der Waals surface area (Å²) in [6.45, 7) is -0.135. The second kappa shape index (κ2) is 6.82. The lowest BCUT2D eigenvalue weighted by Gasteiger charge is -2.10. The average molecular weight is 325 g/mol. The van der Waals surface area contributed by atoms with E-state index < -0.39 is 40.8 Å². The topological polar surface area (TPSA) is 75.6 Å². The fourth-order valence-corrected chi connectivity index (χ4v) is 1.72. The maximum absolute atomic E-state index is 13.6. The molecule has 0 saturated heterocycles. The second-order valence-corrected chi connectivity index (χ2v) is 4.41. The third-order valence-corrected chi connectivity index (χ3v) is 2.83. The van der Waals surface area contributed by atoms with Crippen LogP contribution < -0.4 is 5.32 Å². The van der Waals surface area contributed by atoms with Crippen molar-refractivity contribution in [1.82, 2.24) is 0 Å². The van der Waals surface area contributed by atoms with Crippen LogP contribution in [0.5, 0.6) is 0 Å². The predicted molar refractivity (Wildman–Crippen MR) is 73.5 cm³/mol. The summed E-state index contributed by atoms with van der Waals surface area (Å²) in [7, 11) is 0. The van der Waals surface area contributed by atoms with E-state index in [9.17, 15) is 22.8 Å². The number of anilines is 1. The Morgan fingerprint density at radius 1 is 1.04 bits per heavy atom. The number of carbonyl (C=O) groups excluding carboxylic acids is 1. The zero-order valence-corrected chi connectivity index (χ0v) is 11.5. The number of carbonyl (C=O) groups is 2. The summed E-state index contributed by atoms with van der Waals surface area (Å²) in [5.74, 6) is -7.37. The Hall–Kier alpha value is -3.03. The van der Waals surface area contributed by atoms with Gasteiger partial charge in [0, 0.05) is 0 Å². The first-order chi connectivity index (χ1) is 10.9. The van der Waals surface area contributed by atoms with Gasteiger partial charge in [0.05, 0.1) is 5.69 Å². The van der Waals surface area contributed by atoms with Crippen molar-refractivity contribution < 1.29 is 32.6 Å². The zero-order valence-electron chi connectivity index (χ0n) is 11.5. The van der Waals surface area contributed by atoms with Crippen LogP contribution in [0.15, 0.2) is 36.4 Å². The molecule has 0 aliphatic heterocycles. The third kappa shape index (κ3) is 3.79. The van der Waals surface area contributed by atoms with Gasteiger partial charge in [0.15, 0.2) is 17.5 Å². The standard InChI is InChI=1S/C15H10F3NO4/c16-11-9(14(20)21)6-10(12(17)13(11)18)19-15(22)23-7-8-4-2-1-3-5-8/h1-6H,7H2,(H,19,22)(H,20,21). The van der Waals surface area contributed by atoms with E-state index in [0.29, 0.717) is 11.6 Å². The smallest absolute Gasteiger partial charge is 0.412 e. The fourth-order valence-electron chi connectivity index (χ4n) is 1.72. The number of ether oxygens (including phenoxy) is 1. The molecular formula is C15H10F3NO4. The van der Waals surface area contributed by atoms with Crippen molar-refractivity contribution in [3.63, 3.8) is 0 Å². The Kier molecular flexibility index (Phi) is 4.85. The van der Waals surface area contributed by atoms with Crippen LogP contribution in [0, 0.1) is 17.5 Å². The largest absolute Gasteiger partial charge is 0.478 e. The van der Waals surface area contributed by atoms with E-state index in [2.05, 4.69) is 0 Å². The zero-order chi connectivity index (χ0) is 17.0. The molecule has 0 heterocycles. The van der Waals surface area contributed by atoms with Gasteiger partial charge in [-0.3, -0.25) is 5.32 Å².